The SMILES string of the molecule is CCOC(=O)CC(=O)NCCC1CCCC1. The summed E-state index contributed by atoms with van der Waals surface area (Å²) in [6.45, 7) is 2.74. The lowest BCUT2D eigenvalue weighted by molar-refractivity contribution is -0.145. The highest BCUT2D eigenvalue weighted by Crippen LogP contribution is 2.26. The minimum absolute atomic E-state index is 0.154. The molecule has 4 nitrogen and oxygen atoms in total. The van der Waals surface area contributed by atoms with E-state index in [2.05, 4.69) is 5.32 Å². The van der Waals surface area contributed by atoms with Gasteiger partial charge >= 0.3 is 5.97 Å². The second-order valence-corrected chi connectivity index (χ2v) is 4.27. The maximum absolute atomic E-state index is 11.3. The van der Waals surface area contributed by atoms with Crippen LogP contribution in [0.1, 0.15) is 45.4 Å². The van der Waals surface area contributed by atoms with Gasteiger partial charge < -0.3 is 10.1 Å². The second-order valence-electron chi connectivity index (χ2n) is 4.27. The molecular formula is C12H21NO3. The molecule has 4 heteroatoms. The van der Waals surface area contributed by atoms with Gasteiger partial charge in [-0.25, -0.2) is 0 Å². The molecule has 0 aliphatic heterocycles. The predicted molar refractivity (Wildman–Crippen MR) is 60.8 cm³/mol. The van der Waals surface area contributed by atoms with Crippen molar-refractivity contribution in [3.05, 3.63) is 0 Å². The highest BCUT2D eigenvalue weighted by Gasteiger charge is 2.15. The number of hydrogen-bond donors (Lipinski definition) is 1. The fourth-order valence-electron chi connectivity index (χ4n) is 2.12. The Hall–Kier alpha value is -1.06. The van der Waals surface area contributed by atoms with Crippen LogP contribution in [0, 0.1) is 5.92 Å². The van der Waals surface area contributed by atoms with Gasteiger partial charge in [0.25, 0.3) is 0 Å². The highest BCUT2D eigenvalue weighted by atomic mass is 16.5. The zero-order chi connectivity index (χ0) is 11.8. The van der Waals surface area contributed by atoms with Crippen molar-refractivity contribution in [3.8, 4) is 0 Å². The summed E-state index contributed by atoms with van der Waals surface area (Å²) in [4.78, 5) is 22.3. The fraction of sp³-hybridized carbons (Fsp3) is 0.833. The lowest BCUT2D eigenvalue weighted by atomic mass is 10.0. The molecular weight excluding hydrogens is 206 g/mol. The molecule has 16 heavy (non-hydrogen) atoms. The molecule has 0 aromatic heterocycles. The first-order valence-electron chi connectivity index (χ1n) is 6.14. The van der Waals surface area contributed by atoms with E-state index in [-0.39, 0.29) is 12.3 Å². The van der Waals surface area contributed by atoms with Gasteiger partial charge in [-0.05, 0) is 19.3 Å². The number of amides is 1. The monoisotopic (exact) mass is 227 g/mol. The van der Waals surface area contributed by atoms with Crippen molar-refractivity contribution in [3.63, 3.8) is 0 Å². The number of carbonyl (C=O) groups is 2. The van der Waals surface area contributed by atoms with E-state index in [0.29, 0.717) is 13.2 Å². The van der Waals surface area contributed by atoms with Gasteiger partial charge in [0.15, 0.2) is 0 Å². The van der Waals surface area contributed by atoms with Crippen molar-refractivity contribution in [2.45, 2.75) is 45.4 Å². The molecule has 1 saturated carbocycles. The van der Waals surface area contributed by atoms with Gasteiger partial charge in [-0.3, -0.25) is 9.59 Å². The molecule has 0 aromatic rings. The molecule has 92 valence electrons. The van der Waals surface area contributed by atoms with Crippen LogP contribution < -0.4 is 5.32 Å². The van der Waals surface area contributed by atoms with Crippen LogP contribution >= 0.6 is 0 Å². The average Bonchev–Trinajstić information content (AvgIpc) is 2.70. The number of esters is 1. The van der Waals surface area contributed by atoms with Crippen LogP contribution in [0.15, 0.2) is 0 Å². The first-order valence-corrected chi connectivity index (χ1v) is 6.14. The molecule has 0 atom stereocenters. The summed E-state index contributed by atoms with van der Waals surface area (Å²) in [6.07, 6.45) is 6.09. The predicted octanol–water partition coefficient (Wildman–Crippen LogP) is 1.64. The van der Waals surface area contributed by atoms with Crippen LogP contribution in [0.4, 0.5) is 0 Å². The number of hydrogen-bond acceptors (Lipinski definition) is 3. The van der Waals surface area contributed by atoms with Crippen molar-refractivity contribution >= 4 is 11.9 Å². The molecule has 1 aliphatic carbocycles. The van der Waals surface area contributed by atoms with Crippen molar-refractivity contribution in [1.82, 2.24) is 5.32 Å². The summed E-state index contributed by atoms with van der Waals surface area (Å²) < 4.78 is 4.69. The van der Waals surface area contributed by atoms with E-state index >= 15 is 0 Å². The maximum atomic E-state index is 11.3. The molecule has 0 saturated heterocycles. The number of ether oxygens (including phenoxy) is 1. The van der Waals surface area contributed by atoms with E-state index in [4.69, 9.17) is 4.74 Å². The maximum Gasteiger partial charge on any atom is 0.315 e. The first kappa shape index (κ1) is 13.0. The summed E-state index contributed by atoms with van der Waals surface area (Å²) in [5.41, 5.74) is 0. The van der Waals surface area contributed by atoms with Crippen LogP contribution in [0.5, 0.6) is 0 Å². The third-order valence-electron chi connectivity index (χ3n) is 2.96. The van der Waals surface area contributed by atoms with Gasteiger partial charge in [0.2, 0.25) is 5.91 Å². The number of carbonyl (C=O) groups excluding carboxylic acids is 2. The summed E-state index contributed by atoms with van der Waals surface area (Å²) in [5.74, 6) is 0.0974. The van der Waals surface area contributed by atoms with E-state index < -0.39 is 5.97 Å². The van der Waals surface area contributed by atoms with Gasteiger partial charge in [0.05, 0.1) is 6.61 Å². The zero-order valence-corrected chi connectivity index (χ0v) is 9.96. The Morgan fingerprint density at radius 3 is 2.62 bits per heavy atom. The van der Waals surface area contributed by atoms with Crippen LogP contribution in [0.3, 0.4) is 0 Å². The molecule has 0 heterocycles. The molecule has 0 spiro atoms. The molecule has 0 bridgehead atoms. The third-order valence-corrected chi connectivity index (χ3v) is 2.96. The van der Waals surface area contributed by atoms with Crippen LogP contribution in [0.2, 0.25) is 0 Å². The van der Waals surface area contributed by atoms with E-state index in [9.17, 15) is 9.59 Å². The molecule has 1 rings (SSSR count). The fourth-order valence-corrected chi connectivity index (χ4v) is 2.12. The molecule has 1 fully saturated rings. The normalized spacial score (nSPS) is 16.1. The Morgan fingerprint density at radius 2 is 2.00 bits per heavy atom. The summed E-state index contributed by atoms with van der Waals surface area (Å²) in [7, 11) is 0. The summed E-state index contributed by atoms with van der Waals surface area (Å²) in [6, 6.07) is 0. The van der Waals surface area contributed by atoms with Gasteiger partial charge in [-0.15, -0.1) is 0 Å². The lowest BCUT2D eigenvalue weighted by Crippen LogP contribution is -2.28. The van der Waals surface area contributed by atoms with E-state index in [1.807, 2.05) is 0 Å². The largest absolute Gasteiger partial charge is 0.466 e. The zero-order valence-electron chi connectivity index (χ0n) is 9.96. The average molecular weight is 227 g/mol. The van der Waals surface area contributed by atoms with E-state index in [1.54, 1.807) is 6.92 Å². The highest BCUT2D eigenvalue weighted by molar-refractivity contribution is 5.94. The lowest BCUT2D eigenvalue weighted by Gasteiger charge is -2.09. The number of nitrogens with one attached hydrogen (secondary N) is 1. The standard InChI is InChI=1S/C12H21NO3/c1-2-16-12(15)9-11(14)13-8-7-10-5-3-4-6-10/h10H,2-9H2,1H3,(H,13,14). The van der Waals surface area contributed by atoms with Gasteiger partial charge in [0.1, 0.15) is 6.42 Å². The van der Waals surface area contributed by atoms with Gasteiger partial charge in [0, 0.05) is 6.54 Å². The number of rotatable bonds is 6. The van der Waals surface area contributed by atoms with Gasteiger partial charge in [-0.2, -0.15) is 0 Å². The summed E-state index contributed by atoms with van der Waals surface area (Å²) >= 11 is 0. The molecule has 1 aliphatic rings. The van der Waals surface area contributed by atoms with Crippen LogP contribution in [-0.4, -0.2) is 25.0 Å². The first-order chi connectivity index (χ1) is 7.72. The Labute approximate surface area is 96.7 Å². The topological polar surface area (TPSA) is 55.4 Å². The summed E-state index contributed by atoms with van der Waals surface area (Å²) in [5, 5.41) is 2.76. The minimum Gasteiger partial charge on any atom is -0.466 e. The Balaban J connectivity index is 2.03. The molecule has 1 N–H and O–H groups in total. The van der Waals surface area contributed by atoms with Crippen LogP contribution in [-0.2, 0) is 14.3 Å². The smallest absolute Gasteiger partial charge is 0.315 e. The Bertz CT molecular complexity index is 234. The molecule has 1 amide bonds. The van der Waals surface area contributed by atoms with Crippen LogP contribution in [0.25, 0.3) is 0 Å². The Kier molecular flexibility index (Phi) is 5.90. The molecule has 0 radical (unpaired) electrons. The van der Waals surface area contributed by atoms with E-state index in [1.165, 1.54) is 25.7 Å². The van der Waals surface area contributed by atoms with Crippen molar-refractivity contribution < 1.29 is 14.3 Å². The quantitative estimate of drug-likeness (QED) is 0.554. The Morgan fingerprint density at radius 1 is 1.31 bits per heavy atom. The second kappa shape index (κ2) is 7.25. The van der Waals surface area contributed by atoms with Crippen molar-refractivity contribution in [1.29, 1.82) is 0 Å². The van der Waals surface area contributed by atoms with E-state index in [0.717, 1.165) is 12.3 Å². The van der Waals surface area contributed by atoms with Crippen molar-refractivity contribution in [2.75, 3.05) is 13.2 Å². The van der Waals surface area contributed by atoms with Crippen molar-refractivity contribution in [2.24, 2.45) is 5.92 Å². The molecule has 0 aromatic carbocycles. The molecule has 0 unspecified atom stereocenters. The minimum atomic E-state index is -0.444. The van der Waals surface area contributed by atoms with Gasteiger partial charge in [-0.1, -0.05) is 25.7 Å². The third kappa shape index (κ3) is 5.14.